The van der Waals surface area contributed by atoms with Gasteiger partial charge in [-0.05, 0) is 54.2 Å². The summed E-state index contributed by atoms with van der Waals surface area (Å²) in [6, 6.07) is 15.7. The largest absolute Gasteiger partial charge is 0.316 e. The van der Waals surface area contributed by atoms with Gasteiger partial charge in [-0.25, -0.2) is 0 Å². The summed E-state index contributed by atoms with van der Waals surface area (Å²) in [5, 5.41) is 0.716. The molecule has 0 saturated heterocycles. The molecule has 0 N–H and O–H groups in total. The van der Waals surface area contributed by atoms with Gasteiger partial charge in [0.05, 0.1) is 5.69 Å². The Morgan fingerprint density at radius 3 is 2.20 bits per heavy atom. The quantitative estimate of drug-likeness (QED) is 0.425. The average Bonchev–Trinajstić information content (AvgIpc) is 3.05. The third-order valence-corrected chi connectivity index (χ3v) is 6.48. The third-order valence-electron chi connectivity index (χ3n) is 5.09. The molecule has 3 rings (SSSR count). The summed E-state index contributed by atoms with van der Waals surface area (Å²) in [6.45, 7) is 11.5. The summed E-state index contributed by atoms with van der Waals surface area (Å²) >= 11 is 7.69. The van der Waals surface area contributed by atoms with Crippen LogP contribution in [0.5, 0.6) is 0 Å². The molecule has 0 saturated carbocycles. The van der Waals surface area contributed by atoms with Gasteiger partial charge < -0.3 is 4.57 Å². The maximum atomic E-state index is 12.9. The first-order chi connectivity index (χ1) is 14.2. The first-order valence-corrected chi connectivity index (χ1v) is 11.6. The molecule has 3 nitrogen and oxygen atoms in total. The SMILES string of the molecule is CCCc1sc(=NC(=O)c2ccc(C(C)(C)C)cc2)n(CC)c1-c1ccc(Cl)cc1. The number of amides is 1. The number of rotatable bonds is 5. The van der Waals surface area contributed by atoms with Crippen molar-refractivity contribution < 1.29 is 4.79 Å². The smallest absolute Gasteiger partial charge is 0.279 e. The number of hydrogen-bond acceptors (Lipinski definition) is 2. The Morgan fingerprint density at radius 2 is 1.67 bits per heavy atom. The average molecular weight is 441 g/mol. The predicted molar refractivity (Wildman–Crippen MR) is 127 cm³/mol. The maximum absolute atomic E-state index is 12.9. The van der Waals surface area contributed by atoms with Gasteiger partial charge in [-0.2, -0.15) is 4.99 Å². The lowest BCUT2D eigenvalue weighted by Crippen LogP contribution is -2.17. The van der Waals surface area contributed by atoms with Gasteiger partial charge in [0.25, 0.3) is 5.91 Å². The number of aromatic nitrogens is 1. The summed E-state index contributed by atoms with van der Waals surface area (Å²) in [5.74, 6) is -0.204. The van der Waals surface area contributed by atoms with Gasteiger partial charge >= 0.3 is 0 Å². The number of aryl methyl sites for hydroxylation is 1. The maximum Gasteiger partial charge on any atom is 0.279 e. The summed E-state index contributed by atoms with van der Waals surface area (Å²) in [4.78, 5) is 19.4. The van der Waals surface area contributed by atoms with Crippen LogP contribution in [0.2, 0.25) is 5.02 Å². The number of nitrogens with zero attached hydrogens (tertiary/aromatic N) is 2. The molecule has 2 aromatic carbocycles. The summed E-state index contributed by atoms with van der Waals surface area (Å²) in [6.07, 6.45) is 1.99. The zero-order valence-corrected chi connectivity index (χ0v) is 19.9. The molecule has 158 valence electrons. The predicted octanol–water partition coefficient (Wildman–Crippen LogP) is 6.88. The molecule has 3 aromatic rings. The highest BCUT2D eigenvalue weighted by molar-refractivity contribution is 7.09. The Kier molecular flexibility index (Phi) is 6.99. The molecule has 1 amide bonds. The van der Waals surface area contributed by atoms with Crippen molar-refractivity contribution in [3.05, 3.63) is 74.4 Å². The molecule has 1 heterocycles. The molecule has 0 atom stereocenters. The first kappa shape index (κ1) is 22.5. The molecule has 0 aliphatic heterocycles. The monoisotopic (exact) mass is 440 g/mol. The van der Waals surface area contributed by atoms with Crippen LogP contribution in [-0.2, 0) is 18.4 Å². The van der Waals surface area contributed by atoms with Crippen molar-refractivity contribution in [2.24, 2.45) is 4.99 Å². The molecule has 5 heteroatoms. The minimum atomic E-state index is -0.204. The molecule has 0 bridgehead atoms. The highest BCUT2D eigenvalue weighted by Gasteiger charge is 2.17. The van der Waals surface area contributed by atoms with E-state index in [0.717, 1.165) is 35.4 Å². The second kappa shape index (κ2) is 9.32. The van der Waals surface area contributed by atoms with Gasteiger partial charge in [0, 0.05) is 22.0 Å². The number of halogens is 1. The molecule has 0 radical (unpaired) electrons. The van der Waals surface area contributed by atoms with Crippen molar-refractivity contribution in [3.8, 4) is 11.3 Å². The van der Waals surface area contributed by atoms with E-state index in [9.17, 15) is 4.79 Å². The van der Waals surface area contributed by atoms with Crippen LogP contribution < -0.4 is 4.80 Å². The second-order valence-corrected chi connectivity index (χ2v) is 9.90. The van der Waals surface area contributed by atoms with Gasteiger partial charge in [0.15, 0.2) is 4.80 Å². The second-order valence-electron chi connectivity index (χ2n) is 8.40. The standard InChI is InChI=1S/C25H29ClN2OS/c1-6-8-21-22(17-11-15-20(26)16-12-17)28(7-2)24(30-21)27-23(29)18-9-13-19(14-10-18)25(3,4)5/h9-16H,6-8H2,1-5H3. The lowest BCUT2D eigenvalue weighted by Gasteiger charge is -2.18. The third kappa shape index (κ3) is 4.93. The number of carbonyl (C=O) groups is 1. The van der Waals surface area contributed by atoms with E-state index in [0.29, 0.717) is 10.6 Å². The van der Waals surface area contributed by atoms with Crippen LogP contribution in [0.4, 0.5) is 0 Å². The van der Waals surface area contributed by atoms with E-state index >= 15 is 0 Å². The highest BCUT2D eigenvalue weighted by Crippen LogP contribution is 2.28. The van der Waals surface area contributed by atoms with Crippen LogP contribution in [0.3, 0.4) is 0 Å². The minimum absolute atomic E-state index is 0.0558. The fraction of sp³-hybridized carbons (Fsp3) is 0.360. The van der Waals surface area contributed by atoms with Crippen molar-refractivity contribution in [2.75, 3.05) is 0 Å². The van der Waals surface area contributed by atoms with E-state index in [2.05, 4.69) is 44.2 Å². The van der Waals surface area contributed by atoms with Crippen LogP contribution in [0.25, 0.3) is 11.3 Å². The van der Waals surface area contributed by atoms with Crippen LogP contribution in [-0.4, -0.2) is 10.5 Å². The van der Waals surface area contributed by atoms with E-state index < -0.39 is 0 Å². The van der Waals surface area contributed by atoms with E-state index in [1.807, 2.05) is 48.5 Å². The molecule has 1 aromatic heterocycles. The lowest BCUT2D eigenvalue weighted by molar-refractivity contribution is 0.0997. The number of hydrogen-bond donors (Lipinski definition) is 0. The Bertz CT molecular complexity index is 1080. The van der Waals surface area contributed by atoms with Crippen molar-refractivity contribution in [2.45, 2.75) is 59.4 Å². The molecule has 0 fully saturated rings. The lowest BCUT2D eigenvalue weighted by atomic mass is 9.87. The molecule has 30 heavy (non-hydrogen) atoms. The highest BCUT2D eigenvalue weighted by atomic mass is 35.5. The van der Waals surface area contributed by atoms with Gasteiger partial charge in [0.2, 0.25) is 0 Å². The summed E-state index contributed by atoms with van der Waals surface area (Å²) in [7, 11) is 0. The minimum Gasteiger partial charge on any atom is -0.316 e. The molecule has 0 unspecified atom stereocenters. The number of thiazole rings is 1. The van der Waals surface area contributed by atoms with E-state index in [1.54, 1.807) is 11.3 Å². The van der Waals surface area contributed by atoms with E-state index in [4.69, 9.17) is 11.6 Å². The van der Waals surface area contributed by atoms with Crippen LogP contribution in [0.15, 0.2) is 53.5 Å². The topological polar surface area (TPSA) is 34.4 Å². The Hall–Kier alpha value is -2.17. The van der Waals surface area contributed by atoms with E-state index in [-0.39, 0.29) is 11.3 Å². The summed E-state index contributed by atoms with van der Waals surface area (Å²) in [5.41, 5.74) is 4.11. The van der Waals surface area contributed by atoms with Crippen molar-refractivity contribution in [1.82, 2.24) is 4.57 Å². The van der Waals surface area contributed by atoms with Crippen LogP contribution in [0, 0.1) is 0 Å². The van der Waals surface area contributed by atoms with Gasteiger partial charge in [-0.3, -0.25) is 4.79 Å². The normalized spacial score (nSPS) is 12.4. The van der Waals surface area contributed by atoms with Gasteiger partial charge in [-0.15, -0.1) is 11.3 Å². The van der Waals surface area contributed by atoms with E-state index in [1.165, 1.54) is 10.4 Å². The molecule has 0 aliphatic carbocycles. The first-order valence-electron chi connectivity index (χ1n) is 10.4. The van der Waals surface area contributed by atoms with Crippen LogP contribution >= 0.6 is 22.9 Å². The molecular weight excluding hydrogens is 412 g/mol. The molecular formula is C25H29ClN2OS. The fourth-order valence-electron chi connectivity index (χ4n) is 3.42. The number of benzene rings is 2. The van der Waals surface area contributed by atoms with Crippen LogP contribution in [0.1, 0.15) is 61.8 Å². The Balaban J connectivity index is 2.06. The molecule has 0 aliphatic rings. The van der Waals surface area contributed by atoms with Crippen molar-refractivity contribution in [3.63, 3.8) is 0 Å². The Labute approximate surface area is 188 Å². The number of carbonyl (C=O) groups excluding carboxylic acids is 1. The molecule has 0 spiro atoms. The van der Waals surface area contributed by atoms with Crippen molar-refractivity contribution in [1.29, 1.82) is 0 Å². The van der Waals surface area contributed by atoms with Gasteiger partial charge in [-0.1, -0.05) is 70.0 Å². The van der Waals surface area contributed by atoms with Crippen molar-refractivity contribution >= 4 is 28.8 Å². The fourth-order valence-corrected chi connectivity index (χ4v) is 4.86. The van der Waals surface area contributed by atoms with Gasteiger partial charge in [0.1, 0.15) is 0 Å². The summed E-state index contributed by atoms with van der Waals surface area (Å²) < 4.78 is 2.14. The zero-order chi connectivity index (χ0) is 21.9. The Morgan fingerprint density at radius 1 is 1.03 bits per heavy atom. The zero-order valence-electron chi connectivity index (χ0n) is 18.3.